The highest BCUT2D eigenvalue weighted by molar-refractivity contribution is 6.06. The number of benzene rings is 1. The van der Waals surface area contributed by atoms with Crippen LogP contribution in [-0.2, 0) is 0 Å². The summed E-state index contributed by atoms with van der Waals surface area (Å²) in [5, 5.41) is 2.49. The van der Waals surface area contributed by atoms with E-state index < -0.39 is 18.7 Å². The van der Waals surface area contributed by atoms with Gasteiger partial charge >= 0.3 is 6.18 Å². The zero-order valence-corrected chi connectivity index (χ0v) is 12.1. The summed E-state index contributed by atoms with van der Waals surface area (Å²) in [6.45, 7) is -1.45. The number of methoxy groups -OCH3 is 1. The van der Waals surface area contributed by atoms with Crippen molar-refractivity contribution in [2.45, 2.75) is 6.18 Å². The first-order chi connectivity index (χ1) is 10.9. The van der Waals surface area contributed by atoms with Crippen LogP contribution in [0.1, 0.15) is 10.4 Å². The SMILES string of the molecule is COc1ncccc1C(=O)Nc1ccccc1OCC(F)(F)F. The summed E-state index contributed by atoms with van der Waals surface area (Å²) in [4.78, 5) is 16.1. The van der Waals surface area contributed by atoms with Crippen molar-refractivity contribution < 1.29 is 27.4 Å². The topological polar surface area (TPSA) is 60.5 Å². The second-order valence-corrected chi connectivity index (χ2v) is 4.41. The minimum absolute atomic E-state index is 0.0824. The van der Waals surface area contributed by atoms with Crippen LogP contribution in [0.25, 0.3) is 0 Å². The van der Waals surface area contributed by atoms with Crippen LogP contribution in [0.3, 0.4) is 0 Å². The average Bonchev–Trinajstić information content (AvgIpc) is 2.53. The number of aromatic nitrogens is 1. The lowest BCUT2D eigenvalue weighted by molar-refractivity contribution is -0.153. The number of alkyl halides is 3. The molecular formula is C15H13F3N2O3. The van der Waals surface area contributed by atoms with E-state index >= 15 is 0 Å². The van der Waals surface area contributed by atoms with Crippen molar-refractivity contribution in [2.75, 3.05) is 19.0 Å². The summed E-state index contributed by atoms with van der Waals surface area (Å²) in [5.41, 5.74) is 0.272. The van der Waals surface area contributed by atoms with Crippen LogP contribution in [0.15, 0.2) is 42.6 Å². The number of carbonyl (C=O) groups is 1. The van der Waals surface area contributed by atoms with Crippen LogP contribution in [0.4, 0.5) is 18.9 Å². The Bertz CT molecular complexity index is 690. The van der Waals surface area contributed by atoms with Crippen LogP contribution in [0.5, 0.6) is 11.6 Å². The molecular weight excluding hydrogens is 313 g/mol. The normalized spacial score (nSPS) is 11.0. The quantitative estimate of drug-likeness (QED) is 0.916. The number of hydrogen-bond acceptors (Lipinski definition) is 4. The van der Waals surface area contributed by atoms with E-state index in [-0.39, 0.29) is 22.9 Å². The fourth-order valence-corrected chi connectivity index (χ4v) is 1.77. The van der Waals surface area contributed by atoms with E-state index in [1.165, 1.54) is 37.6 Å². The second-order valence-electron chi connectivity index (χ2n) is 4.41. The number of anilines is 1. The Labute approximate surface area is 130 Å². The molecule has 0 saturated carbocycles. The highest BCUT2D eigenvalue weighted by Crippen LogP contribution is 2.27. The van der Waals surface area contributed by atoms with E-state index in [0.717, 1.165) is 0 Å². The standard InChI is InChI=1S/C15H13F3N2O3/c1-22-14-10(5-4-8-19-14)13(21)20-11-6-2-3-7-12(11)23-9-15(16,17)18/h2-8H,9H2,1H3,(H,20,21). The molecule has 0 atom stereocenters. The van der Waals surface area contributed by atoms with Gasteiger partial charge in [0.2, 0.25) is 5.88 Å². The molecule has 8 heteroatoms. The molecule has 1 amide bonds. The minimum Gasteiger partial charge on any atom is -0.482 e. The van der Waals surface area contributed by atoms with Crippen LogP contribution in [0, 0.1) is 0 Å². The lowest BCUT2D eigenvalue weighted by Gasteiger charge is -2.14. The summed E-state index contributed by atoms with van der Waals surface area (Å²) in [5.74, 6) is -0.544. The number of para-hydroxylation sites is 2. The minimum atomic E-state index is -4.47. The Morgan fingerprint density at radius 1 is 1.22 bits per heavy atom. The third-order valence-electron chi connectivity index (χ3n) is 2.74. The van der Waals surface area contributed by atoms with Gasteiger partial charge in [-0.15, -0.1) is 0 Å². The number of nitrogens with one attached hydrogen (secondary N) is 1. The van der Waals surface area contributed by atoms with Gasteiger partial charge in [0, 0.05) is 6.20 Å². The first-order valence-corrected chi connectivity index (χ1v) is 6.49. The average molecular weight is 326 g/mol. The largest absolute Gasteiger partial charge is 0.482 e. The molecule has 0 aliphatic heterocycles. The summed E-state index contributed by atoms with van der Waals surface area (Å²) < 4.78 is 46.5. The van der Waals surface area contributed by atoms with Crippen LogP contribution < -0.4 is 14.8 Å². The molecule has 0 spiro atoms. The number of ether oxygens (including phenoxy) is 2. The molecule has 0 bridgehead atoms. The molecule has 2 rings (SSSR count). The predicted octanol–water partition coefficient (Wildman–Crippen LogP) is 3.28. The van der Waals surface area contributed by atoms with Gasteiger partial charge in [0.1, 0.15) is 11.3 Å². The maximum atomic E-state index is 12.3. The fourth-order valence-electron chi connectivity index (χ4n) is 1.77. The number of nitrogens with zero attached hydrogens (tertiary/aromatic N) is 1. The molecule has 2 aromatic rings. The van der Waals surface area contributed by atoms with Gasteiger partial charge in [-0.2, -0.15) is 13.2 Å². The molecule has 5 nitrogen and oxygen atoms in total. The third-order valence-corrected chi connectivity index (χ3v) is 2.74. The lowest BCUT2D eigenvalue weighted by Crippen LogP contribution is -2.20. The Kier molecular flexibility index (Phi) is 5.05. The van der Waals surface area contributed by atoms with E-state index in [9.17, 15) is 18.0 Å². The third kappa shape index (κ3) is 4.60. The zero-order chi connectivity index (χ0) is 16.9. The van der Waals surface area contributed by atoms with Crippen molar-refractivity contribution in [3.63, 3.8) is 0 Å². The molecule has 0 fully saturated rings. The van der Waals surface area contributed by atoms with Crippen molar-refractivity contribution in [2.24, 2.45) is 0 Å². The first kappa shape index (κ1) is 16.6. The second kappa shape index (κ2) is 6.99. The van der Waals surface area contributed by atoms with E-state index in [1.807, 2.05) is 0 Å². The monoisotopic (exact) mass is 326 g/mol. The summed E-state index contributed by atoms with van der Waals surface area (Å²) in [6, 6.07) is 8.88. The number of halogens is 3. The molecule has 1 aromatic heterocycles. The number of pyridine rings is 1. The zero-order valence-electron chi connectivity index (χ0n) is 12.1. The van der Waals surface area contributed by atoms with Gasteiger partial charge < -0.3 is 14.8 Å². The van der Waals surface area contributed by atoms with Gasteiger partial charge in [0.05, 0.1) is 12.8 Å². The van der Waals surface area contributed by atoms with Gasteiger partial charge in [-0.05, 0) is 24.3 Å². The van der Waals surface area contributed by atoms with Crippen LogP contribution >= 0.6 is 0 Å². The van der Waals surface area contributed by atoms with E-state index in [0.29, 0.717) is 0 Å². The number of amides is 1. The van der Waals surface area contributed by atoms with Crippen LogP contribution in [0.2, 0.25) is 0 Å². The molecule has 0 aliphatic carbocycles. The predicted molar refractivity (Wildman–Crippen MR) is 76.7 cm³/mol. The lowest BCUT2D eigenvalue weighted by atomic mass is 10.2. The van der Waals surface area contributed by atoms with Gasteiger partial charge in [-0.3, -0.25) is 4.79 Å². The number of carbonyl (C=O) groups excluding carboxylic acids is 1. The Hall–Kier alpha value is -2.77. The smallest absolute Gasteiger partial charge is 0.422 e. The number of rotatable bonds is 5. The molecule has 1 aromatic carbocycles. The highest BCUT2D eigenvalue weighted by atomic mass is 19.4. The molecule has 23 heavy (non-hydrogen) atoms. The Morgan fingerprint density at radius 2 is 1.96 bits per heavy atom. The highest BCUT2D eigenvalue weighted by Gasteiger charge is 2.29. The summed E-state index contributed by atoms with van der Waals surface area (Å²) >= 11 is 0. The summed E-state index contributed by atoms with van der Waals surface area (Å²) in [7, 11) is 1.36. The molecule has 1 N–H and O–H groups in total. The van der Waals surface area contributed by atoms with E-state index in [4.69, 9.17) is 9.47 Å². The van der Waals surface area contributed by atoms with Gasteiger partial charge in [0.15, 0.2) is 6.61 Å². The molecule has 0 unspecified atom stereocenters. The van der Waals surface area contributed by atoms with Crippen molar-refractivity contribution in [3.05, 3.63) is 48.2 Å². The van der Waals surface area contributed by atoms with Gasteiger partial charge in [0.25, 0.3) is 5.91 Å². The van der Waals surface area contributed by atoms with E-state index in [2.05, 4.69) is 10.3 Å². The maximum absolute atomic E-state index is 12.3. The molecule has 0 aliphatic rings. The fraction of sp³-hybridized carbons (Fsp3) is 0.200. The molecule has 1 heterocycles. The molecule has 0 saturated heterocycles. The van der Waals surface area contributed by atoms with Crippen molar-refractivity contribution in [3.8, 4) is 11.6 Å². The molecule has 0 radical (unpaired) electrons. The van der Waals surface area contributed by atoms with Gasteiger partial charge in [-0.25, -0.2) is 4.98 Å². The Balaban J connectivity index is 2.18. The maximum Gasteiger partial charge on any atom is 0.422 e. The van der Waals surface area contributed by atoms with Gasteiger partial charge in [-0.1, -0.05) is 12.1 Å². The van der Waals surface area contributed by atoms with Crippen molar-refractivity contribution in [1.82, 2.24) is 4.98 Å². The first-order valence-electron chi connectivity index (χ1n) is 6.49. The summed E-state index contributed by atoms with van der Waals surface area (Å²) in [6.07, 6.45) is -3.01. The van der Waals surface area contributed by atoms with Crippen LogP contribution in [-0.4, -0.2) is 30.8 Å². The van der Waals surface area contributed by atoms with E-state index in [1.54, 1.807) is 12.1 Å². The number of hydrogen-bond donors (Lipinski definition) is 1. The Morgan fingerprint density at radius 3 is 2.65 bits per heavy atom. The van der Waals surface area contributed by atoms with Crippen molar-refractivity contribution in [1.29, 1.82) is 0 Å². The van der Waals surface area contributed by atoms with Crippen molar-refractivity contribution >= 4 is 11.6 Å². The molecule has 122 valence electrons.